The average Bonchev–Trinajstić information content (AvgIpc) is 2.73. The molecule has 1 amide bonds. The van der Waals surface area contributed by atoms with E-state index in [0.717, 1.165) is 5.39 Å². The zero-order valence-electron chi connectivity index (χ0n) is 15.3. The maximum atomic E-state index is 12.5. The first-order valence-electron chi connectivity index (χ1n) is 8.70. The summed E-state index contributed by atoms with van der Waals surface area (Å²) < 4.78 is 10.9. The third-order valence-electron chi connectivity index (χ3n) is 4.39. The van der Waals surface area contributed by atoms with Gasteiger partial charge in [0.2, 0.25) is 0 Å². The molecule has 0 saturated heterocycles. The monoisotopic (exact) mass is 406 g/mol. The van der Waals surface area contributed by atoms with Gasteiger partial charge in [-0.15, -0.1) is 0 Å². The lowest BCUT2D eigenvalue weighted by atomic mass is 10.0. The Bertz CT molecular complexity index is 1280. The van der Waals surface area contributed by atoms with Crippen molar-refractivity contribution in [3.05, 3.63) is 88.0 Å². The van der Waals surface area contributed by atoms with Crippen molar-refractivity contribution in [2.75, 3.05) is 12.4 Å². The van der Waals surface area contributed by atoms with Crippen molar-refractivity contribution in [3.8, 4) is 16.9 Å². The van der Waals surface area contributed by atoms with E-state index < -0.39 is 11.5 Å². The standard InChI is InChI=1S/C22H15ClN2O4/c1-28-19-12-14(25-21(26)16-6-4-10-24-20(16)23)8-9-15(19)17-11-13-5-2-3-7-18(13)29-22(17)27/h2-12H,1H3,(H,25,26). The molecule has 2 heterocycles. The molecule has 0 radical (unpaired) electrons. The Kier molecular flexibility index (Phi) is 5.01. The van der Waals surface area contributed by atoms with Crippen LogP contribution in [0.1, 0.15) is 10.4 Å². The highest BCUT2D eigenvalue weighted by Crippen LogP contribution is 2.32. The lowest BCUT2D eigenvalue weighted by Gasteiger charge is -2.12. The van der Waals surface area contributed by atoms with Crippen molar-refractivity contribution in [1.29, 1.82) is 0 Å². The Morgan fingerprint density at radius 1 is 1.07 bits per heavy atom. The van der Waals surface area contributed by atoms with E-state index >= 15 is 0 Å². The van der Waals surface area contributed by atoms with Crippen LogP contribution in [-0.4, -0.2) is 18.0 Å². The van der Waals surface area contributed by atoms with Crippen LogP contribution in [-0.2, 0) is 0 Å². The highest BCUT2D eigenvalue weighted by molar-refractivity contribution is 6.33. The third-order valence-corrected chi connectivity index (χ3v) is 4.70. The molecule has 29 heavy (non-hydrogen) atoms. The van der Waals surface area contributed by atoms with E-state index in [1.807, 2.05) is 12.1 Å². The quantitative estimate of drug-likeness (QED) is 0.390. The maximum Gasteiger partial charge on any atom is 0.344 e. The minimum absolute atomic E-state index is 0.113. The predicted octanol–water partition coefficient (Wildman–Crippen LogP) is 4.77. The van der Waals surface area contributed by atoms with Crippen LogP contribution in [0.3, 0.4) is 0 Å². The number of nitrogens with zero attached hydrogens (tertiary/aromatic N) is 1. The van der Waals surface area contributed by atoms with Gasteiger partial charge in [0.05, 0.1) is 18.2 Å². The van der Waals surface area contributed by atoms with Crippen LogP contribution in [0.25, 0.3) is 22.1 Å². The molecule has 0 spiro atoms. The topological polar surface area (TPSA) is 81.4 Å². The molecule has 0 unspecified atom stereocenters. The molecule has 4 rings (SSSR count). The van der Waals surface area contributed by atoms with Crippen LogP contribution in [0.4, 0.5) is 5.69 Å². The number of pyridine rings is 1. The molecule has 1 N–H and O–H groups in total. The highest BCUT2D eigenvalue weighted by atomic mass is 35.5. The molecule has 144 valence electrons. The normalized spacial score (nSPS) is 10.7. The third kappa shape index (κ3) is 3.70. The van der Waals surface area contributed by atoms with Gasteiger partial charge in [0.25, 0.3) is 5.91 Å². The highest BCUT2D eigenvalue weighted by Gasteiger charge is 2.15. The number of carbonyl (C=O) groups is 1. The Hall–Kier alpha value is -3.64. The van der Waals surface area contributed by atoms with Crippen molar-refractivity contribution in [2.45, 2.75) is 0 Å². The summed E-state index contributed by atoms with van der Waals surface area (Å²) in [7, 11) is 1.49. The molecule has 0 aliphatic carbocycles. The van der Waals surface area contributed by atoms with E-state index in [-0.39, 0.29) is 10.7 Å². The van der Waals surface area contributed by atoms with E-state index in [0.29, 0.717) is 28.1 Å². The second-order valence-corrected chi connectivity index (χ2v) is 6.55. The van der Waals surface area contributed by atoms with Crippen LogP contribution in [0.5, 0.6) is 5.75 Å². The van der Waals surface area contributed by atoms with Gasteiger partial charge in [-0.05, 0) is 36.4 Å². The fourth-order valence-electron chi connectivity index (χ4n) is 3.00. The molecule has 2 aromatic heterocycles. The number of para-hydroxylation sites is 1. The van der Waals surface area contributed by atoms with E-state index in [2.05, 4.69) is 10.3 Å². The van der Waals surface area contributed by atoms with E-state index in [1.54, 1.807) is 48.5 Å². The summed E-state index contributed by atoms with van der Waals surface area (Å²) in [5.74, 6) is 0.0192. The maximum absolute atomic E-state index is 12.5. The molecule has 7 heteroatoms. The van der Waals surface area contributed by atoms with Gasteiger partial charge >= 0.3 is 5.63 Å². The molecule has 0 atom stereocenters. The Morgan fingerprint density at radius 2 is 1.90 bits per heavy atom. The number of nitrogens with one attached hydrogen (secondary N) is 1. The number of aromatic nitrogens is 1. The number of benzene rings is 2. The summed E-state index contributed by atoms with van der Waals surface area (Å²) in [6.45, 7) is 0. The van der Waals surface area contributed by atoms with Crippen molar-refractivity contribution in [2.24, 2.45) is 0 Å². The summed E-state index contributed by atoms with van der Waals surface area (Å²) in [4.78, 5) is 28.8. The van der Waals surface area contributed by atoms with Crippen molar-refractivity contribution in [1.82, 2.24) is 4.98 Å². The van der Waals surface area contributed by atoms with Crippen molar-refractivity contribution < 1.29 is 13.9 Å². The van der Waals surface area contributed by atoms with Gasteiger partial charge in [0.1, 0.15) is 16.5 Å². The number of rotatable bonds is 4. The van der Waals surface area contributed by atoms with Crippen LogP contribution >= 0.6 is 11.6 Å². The molecular weight excluding hydrogens is 392 g/mol. The summed E-state index contributed by atoms with van der Waals surface area (Å²) in [5.41, 5.74) is 1.71. The van der Waals surface area contributed by atoms with Gasteiger partial charge in [0.15, 0.2) is 0 Å². The first-order chi connectivity index (χ1) is 14.1. The fraction of sp³-hybridized carbons (Fsp3) is 0.0455. The molecule has 0 fully saturated rings. The molecule has 0 aliphatic rings. The van der Waals surface area contributed by atoms with Gasteiger partial charge in [-0.2, -0.15) is 0 Å². The molecule has 6 nitrogen and oxygen atoms in total. The largest absolute Gasteiger partial charge is 0.496 e. The molecule has 0 saturated carbocycles. The van der Waals surface area contributed by atoms with Gasteiger partial charge in [-0.25, -0.2) is 9.78 Å². The number of methoxy groups -OCH3 is 1. The van der Waals surface area contributed by atoms with E-state index in [4.69, 9.17) is 20.8 Å². The number of ether oxygens (including phenoxy) is 1. The smallest absolute Gasteiger partial charge is 0.344 e. The van der Waals surface area contributed by atoms with Crippen molar-refractivity contribution in [3.63, 3.8) is 0 Å². The number of halogens is 1. The SMILES string of the molecule is COc1cc(NC(=O)c2cccnc2Cl)ccc1-c1cc2ccccc2oc1=O. The van der Waals surface area contributed by atoms with E-state index in [1.165, 1.54) is 13.3 Å². The average molecular weight is 407 g/mol. The second-order valence-electron chi connectivity index (χ2n) is 6.20. The second kappa shape index (κ2) is 7.77. The van der Waals surface area contributed by atoms with Gasteiger partial charge < -0.3 is 14.5 Å². The van der Waals surface area contributed by atoms with Crippen LogP contribution in [0, 0.1) is 0 Å². The van der Waals surface area contributed by atoms with Crippen LogP contribution < -0.4 is 15.7 Å². The molecule has 2 aromatic carbocycles. The van der Waals surface area contributed by atoms with Gasteiger partial charge in [-0.3, -0.25) is 4.79 Å². The first kappa shape index (κ1) is 18.7. The summed E-state index contributed by atoms with van der Waals surface area (Å²) >= 11 is 5.97. The minimum Gasteiger partial charge on any atom is -0.496 e. The Labute approximate surface area is 170 Å². The van der Waals surface area contributed by atoms with Gasteiger partial charge in [0, 0.05) is 28.9 Å². The van der Waals surface area contributed by atoms with Crippen LogP contribution in [0.2, 0.25) is 5.15 Å². The minimum atomic E-state index is -0.471. The van der Waals surface area contributed by atoms with E-state index in [9.17, 15) is 9.59 Å². The number of carbonyl (C=O) groups excluding carboxylic acids is 1. The van der Waals surface area contributed by atoms with Crippen LogP contribution in [0.15, 0.2) is 76.1 Å². The lowest BCUT2D eigenvalue weighted by Crippen LogP contribution is -2.13. The predicted molar refractivity (Wildman–Crippen MR) is 112 cm³/mol. The fourth-order valence-corrected chi connectivity index (χ4v) is 3.20. The summed E-state index contributed by atoms with van der Waals surface area (Å²) in [6, 6.07) is 17.2. The summed E-state index contributed by atoms with van der Waals surface area (Å²) in [6.07, 6.45) is 1.51. The molecular formula is C22H15ClN2O4. The Morgan fingerprint density at radius 3 is 2.69 bits per heavy atom. The first-order valence-corrected chi connectivity index (χ1v) is 9.08. The zero-order chi connectivity index (χ0) is 20.4. The number of amides is 1. The lowest BCUT2D eigenvalue weighted by molar-refractivity contribution is 0.102. The summed E-state index contributed by atoms with van der Waals surface area (Å²) in [5, 5.41) is 3.66. The van der Waals surface area contributed by atoms with Gasteiger partial charge in [-0.1, -0.05) is 29.8 Å². The number of hydrogen-bond acceptors (Lipinski definition) is 5. The van der Waals surface area contributed by atoms with Crippen molar-refractivity contribution >= 4 is 34.2 Å². The molecule has 0 bridgehead atoms. The molecule has 0 aliphatic heterocycles. The zero-order valence-corrected chi connectivity index (χ0v) is 16.1. The molecule has 4 aromatic rings. The number of hydrogen-bond donors (Lipinski definition) is 1. The number of anilines is 1. The number of fused-ring (bicyclic) bond motifs is 1. The Balaban J connectivity index is 1.71.